The van der Waals surface area contributed by atoms with Crippen molar-refractivity contribution in [3.8, 4) is 95.3 Å². The van der Waals surface area contributed by atoms with Crippen LogP contribution >= 0.6 is 23.2 Å². The van der Waals surface area contributed by atoms with E-state index in [4.69, 9.17) is 23.2 Å². The third-order valence-corrected chi connectivity index (χ3v) is 10.7. The smallest absolute Gasteiger partial charge is 0.188 e. The van der Waals surface area contributed by atoms with Gasteiger partial charge in [-0.05, 0) is 120 Å². The molecule has 12 heterocycles. The van der Waals surface area contributed by atoms with Gasteiger partial charge >= 0.3 is 4.46 Å². The Morgan fingerprint density at radius 1 is 0.302 bits per heavy atom. The standard InChI is InChI=1S/C49H31Cl2N2/c50-49(51,32-52)53-47-2-1-3-48(53)46-30-26-44(27-31-46)42-22-18-40(19-23-42)38-14-10-36(11-15-38)34-6-4-33(5-7-34)35-8-12-37(13-9-35)39-16-20-41(21-17-39)43-24-28-45(47)29-25-43/h1-31H/q+1. The first-order valence-corrected chi connectivity index (χ1v) is 18.3. The molecule has 16 bridgehead atoms. The highest BCUT2D eigenvalue weighted by molar-refractivity contribution is 6.46. The molecule has 7 aromatic carbocycles. The van der Waals surface area contributed by atoms with Gasteiger partial charge in [-0.1, -0.05) is 146 Å². The van der Waals surface area contributed by atoms with Crippen LogP contribution in [0.3, 0.4) is 0 Å². The SMILES string of the molecule is N#CC(Cl)(Cl)[n+]1c2cccc1-c1ccc(cc1)-c1ccc(cc1)-c1ccc(cc1)-c1ccc(cc1)-c1ccc(cc1)-c1ccc(cc1)-c1ccc-2cc1. The molecule has 250 valence electrons. The van der Waals surface area contributed by atoms with Gasteiger partial charge in [0.25, 0.3) is 0 Å². The fraction of sp³-hybridized carbons (Fsp3) is 0.0204. The Morgan fingerprint density at radius 2 is 0.472 bits per heavy atom. The lowest BCUT2D eigenvalue weighted by atomic mass is 9.96. The third kappa shape index (κ3) is 6.21. The Labute approximate surface area is 319 Å². The summed E-state index contributed by atoms with van der Waals surface area (Å²) in [5.41, 5.74) is 17.0. The molecule has 11 aliphatic heterocycles. The number of benzene rings is 7. The Bertz CT molecular complexity index is 2450. The van der Waals surface area contributed by atoms with Crippen molar-refractivity contribution in [1.82, 2.24) is 0 Å². The summed E-state index contributed by atoms with van der Waals surface area (Å²) in [6.07, 6.45) is 0. The van der Waals surface area contributed by atoms with Crippen molar-refractivity contribution in [1.29, 1.82) is 5.26 Å². The number of hydrogen-bond acceptors (Lipinski definition) is 1. The normalized spacial score (nSPS) is 11.6. The summed E-state index contributed by atoms with van der Waals surface area (Å²) < 4.78 is -0.136. The van der Waals surface area contributed by atoms with E-state index in [1.165, 1.54) is 33.4 Å². The number of hydrogen-bond donors (Lipinski definition) is 0. The summed E-state index contributed by atoms with van der Waals surface area (Å²) in [7, 11) is 0. The molecule has 11 aliphatic rings. The van der Waals surface area contributed by atoms with E-state index in [0.717, 1.165) is 55.9 Å². The van der Waals surface area contributed by atoms with Crippen molar-refractivity contribution in [2.75, 3.05) is 0 Å². The Hall–Kier alpha value is -6.24. The second kappa shape index (κ2) is 13.4. The van der Waals surface area contributed by atoms with Crippen molar-refractivity contribution in [3.63, 3.8) is 0 Å². The molecule has 0 atom stereocenters. The van der Waals surface area contributed by atoms with E-state index in [-0.39, 0.29) is 0 Å². The van der Waals surface area contributed by atoms with Gasteiger partial charge in [0.15, 0.2) is 6.07 Å². The first-order valence-electron chi connectivity index (χ1n) is 17.5. The lowest BCUT2D eigenvalue weighted by molar-refractivity contribution is -0.685. The molecule has 0 spiro atoms. The van der Waals surface area contributed by atoms with E-state index in [0.29, 0.717) is 0 Å². The number of pyridine rings is 1. The number of nitriles is 1. The molecule has 0 unspecified atom stereocenters. The Balaban J connectivity index is 1.15. The summed E-state index contributed by atoms with van der Waals surface area (Å²) in [6.45, 7) is 0. The van der Waals surface area contributed by atoms with Gasteiger partial charge in [-0.3, -0.25) is 0 Å². The van der Waals surface area contributed by atoms with Crippen LogP contribution in [0.4, 0.5) is 0 Å². The highest BCUT2D eigenvalue weighted by atomic mass is 35.5. The van der Waals surface area contributed by atoms with E-state index >= 15 is 0 Å². The van der Waals surface area contributed by atoms with Gasteiger partial charge in [-0.25, -0.2) is 0 Å². The van der Waals surface area contributed by atoms with E-state index in [1.807, 2.05) is 42.5 Å². The van der Waals surface area contributed by atoms with Crippen LogP contribution < -0.4 is 4.57 Å². The molecule has 0 saturated heterocycles. The van der Waals surface area contributed by atoms with Crippen LogP contribution in [0, 0.1) is 11.3 Å². The molecule has 0 N–H and O–H groups in total. The first kappa shape index (κ1) is 32.7. The molecule has 2 nitrogen and oxygen atoms in total. The van der Waals surface area contributed by atoms with E-state index < -0.39 is 4.46 Å². The highest BCUT2D eigenvalue weighted by Gasteiger charge is 2.41. The molecule has 0 saturated carbocycles. The summed E-state index contributed by atoms with van der Waals surface area (Å²) in [5, 5.41) is 10.1. The number of nitrogens with zero attached hydrogens (tertiary/aromatic N) is 2. The van der Waals surface area contributed by atoms with Crippen LogP contribution in [0.25, 0.3) is 89.3 Å². The van der Waals surface area contributed by atoms with Crippen LogP contribution in [0.5, 0.6) is 0 Å². The third-order valence-electron chi connectivity index (χ3n) is 10.2. The summed E-state index contributed by atoms with van der Waals surface area (Å²) in [5.74, 6) is 0. The number of aromatic nitrogens is 1. The predicted octanol–water partition coefficient (Wildman–Crippen LogP) is 13.2. The molecule has 0 amide bonds. The predicted molar refractivity (Wildman–Crippen MR) is 219 cm³/mol. The molecule has 1 aromatic heterocycles. The average Bonchev–Trinajstić information content (AvgIpc) is 3.23. The van der Waals surface area contributed by atoms with Gasteiger partial charge in [-0.2, -0.15) is 5.26 Å². The first-order chi connectivity index (χ1) is 25.9. The minimum Gasteiger partial charge on any atom is -0.188 e. The van der Waals surface area contributed by atoms with Crippen molar-refractivity contribution in [2.45, 2.75) is 4.46 Å². The van der Waals surface area contributed by atoms with Gasteiger partial charge in [-0.15, -0.1) is 4.57 Å². The van der Waals surface area contributed by atoms with Crippen LogP contribution in [0.2, 0.25) is 0 Å². The van der Waals surface area contributed by atoms with Gasteiger partial charge in [0.1, 0.15) is 0 Å². The van der Waals surface area contributed by atoms with Crippen LogP contribution in [0.15, 0.2) is 188 Å². The molecule has 4 heteroatoms. The van der Waals surface area contributed by atoms with E-state index in [2.05, 4.69) is 152 Å². The molecule has 0 fully saturated rings. The van der Waals surface area contributed by atoms with Gasteiger partial charge in [0.2, 0.25) is 11.4 Å². The maximum atomic E-state index is 10.1. The second-order valence-electron chi connectivity index (χ2n) is 13.3. The zero-order valence-corrected chi connectivity index (χ0v) is 30.1. The molecular formula is C49H31Cl2N2+. The quantitative estimate of drug-likeness (QED) is 0.123. The maximum absolute atomic E-state index is 10.1. The maximum Gasteiger partial charge on any atom is 0.408 e. The highest BCUT2D eigenvalue weighted by Crippen LogP contribution is 2.34. The molecule has 53 heavy (non-hydrogen) atoms. The van der Waals surface area contributed by atoms with Crippen molar-refractivity contribution in [3.05, 3.63) is 188 Å². The van der Waals surface area contributed by atoms with E-state index in [1.54, 1.807) is 4.57 Å². The molecule has 0 radical (unpaired) electrons. The molecule has 0 aliphatic carbocycles. The minimum absolute atomic E-state index is 0.735. The Morgan fingerprint density at radius 3 is 0.642 bits per heavy atom. The number of alkyl halides is 2. The van der Waals surface area contributed by atoms with Crippen molar-refractivity contribution in [2.24, 2.45) is 0 Å². The largest absolute Gasteiger partial charge is 0.408 e. The number of halogens is 2. The number of fused-ring (bicyclic) bond motifs is 1. The number of rotatable bonds is 1. The van der Waals surface area contributed by atoms with Crippen molar-refractivity contribution < 1.29 is 4.57 Å². The Kier molecular flexibility index (Phi) is 8.25. The average molecular weight is 719 g/mol. The zero-order chi connectivity index (χ0) is 35.9. The van der Waals surface area contributed by atoms with Gasteiger partial charge in [0.05, 0.1) is 0 Å². The van der Waals surface area contributed by atoms with Crippen molar-refractivity contribution >= 4 is 23.2 Å². The minimum atomic E-state index is -1.84. The van der Waals surface area contributed by atoms with Crippen LogP contribution in [-0.4, -0.2) is 0 Å². The molecule has 19 rings (SSSR count). The topological polar surface area (TPSA) is 27.7 Å². The fourth-order valence-corrected chi connectivity index (χ4v) is 7.62. The zero-order valence-electron chi connectivity index (χ0n) is 28.5. The monoisotopic (exact) mass is 717 g/mol. The van der Waals surface area contributed by atoms with Crippen LogP contribution in [-0.2, 0) is 4.46 Å². The summed E-state index contributed by atoms with van der Waals surface area (Å²) >= 11 is 13.5. The summed E-state index contributed by atoms with van der Waals surface area (Å²) in [6, 6.07) is 68.1. The summed E-state index contributed by atoms with van der Waals surface area (Å²) in [4.78, 5) is 0. The van der Waals surface area contributed by atoms with Gasteiger partial charge < -0.3 is 0 Å². The lowest BCUT2D eigenvalue weighted by Crippen LogP contribution is -2.51. The lowest BCUT2D eigenvalue weighted by Gasteiger charge is -2.15. The van der Waals surface area contributed by atoms with Gasteiger partial charge in [0, 0.05) is 23.3 Å². The molecule has 8 aromatic rings. The van der Waals surface area contributed by atoms with E-state index in [9.17, 15) is 5.26 Å². The second-order valence-corrected chi connectivity index (χ2v) is 14.6. The van der Waals surface area contributed by atoms with Crippen LogP contribution in [0.1, 0.15) is 0 Å². The molecular weight excluding hydrogens is 687 g/mol. The fourth-order valence-electron chi connectivity index (χ4n) is 7.25.